The molecular formula is C12H12N2O4. The summed E-state index contributed by atoms with van der Waals surface area (Å²) in [6.45, 7) is -0.0327. The standard InChI is InChI=1S/C12H12N2O4/c13-6-3-7-14-11(15)8-18-10-5-2-1-4-9(10)12(16)17/h1-2,4-5H,3,7-8H2,(H,14,15)(H,16,17). The van der Waals surface area contributed by atoms with E-state index in [1.54, 1.807) is 12.1 Å². The second-order valence-electron chi connectivity index (χ2n) is 3.35. The first-order valence-electron chi connectivity index (χ1n) is 5.24. The van der Waals surface area contributed by atoms with Gasteiger partial charge < -0.3 is 15.2 Å². The van der Waals surface area contributed by atoms with Crippen molar-refractivity contribution in [2.75, 3.05) is 13.2 Å². The summed E-state index contributed by atoms with van der Waals surface area (Å²) in [6.07, 6.45) is 0.220. The molecule has 0 saturated heterocycles. The average Bonchev–Trinajstić information content (AvgIpc) is 2.37. The number of hydrogen-bond acceptors (Lipinski definition) is 4. The predicted octanol–water partition coefficient (Wildman–Crippen LogP) is 0.793. The minimum absolute atomic E-state index is 0.00215. The SMILES string of the molecule is N#CCCNC(=O)COc1ccccc1C(=O)O. The van der Waals surface area contributed by atoms with E-state index in [0.29, 0.717) is 0 Å². The lowest BCUT2D eigenvalue weighted by Gasteiger charge is -2.08. The van der Waals surface area contributed by atoms with E-state index < -0.39 is 11.9 Å². The summed E-state index contributed by atoms with van der Waals surface area (Å²) in [7, 11) is 0. The molecule has 1 rings (SSSR count). The van der Waals surface area contributed by atoms with Crippen LogP contribution < -0.4 is 10.1 Å². The maximum atomic E-state index is 11.3. The van der Waals surface area contributed by atoms with Gasteiger partial charge in [0, 0.05) is 6.54 Å². The third kappa shape index (κ3) is 4.14. The van der Waals surface area contributed by atoms with Crippen LogP contribution in [0.2, 0.25) is 0 Å². The zero-order valence-corrected chi connectivity index (χ0v) is 9.55. The lowest BCUT2D eigenvalue weighted by molar-refractivity contribution is -0.123. The number of para-hydroxylation sites is 1. The molecule has 0 fully saturated rings. The van der Waals surface area contributed by atoms with E-state index in [1.807, 2.05) is 6.07 Å². The van der Waals surface area contributed by atoms with Gasteiger partial charge in [0.2, 0.25) is 0 Å². The van der Waals surface area contributed by atoms with Gasteiger partial charge in [-0.2, -0.15) is 5.26 Å². The van der Waals surface area contributed by atoms with Crippen LogP contribution in [0.25, 0.3) is 0 Å². The van der Waals surface area contributed by atoms with Crippen molar-refractivity contribution in [1.29, 1.82) is 5.26 Å². The lowest BCUT2D eigenvalue weighted by atomic mass is 10.2. The fraction of sp³-hybridized carbons (Fsp3) is 0.250. The van der Waals surface area contributed by atoms with Crippen molar-refractivity contribution < 1.29 is 19.4 Å². The summed E-state index contributed by atoms with van der Waals surface area (Å²) in [6, 6.07) is 7.95. The molecule has 0 unspecified atom stereocenters. The Labute approximate surface area is 104 Å². The van der Waals surface area contributed by atoms with Crippen molar-refractivity contribution in [2.24, 2.45) is 0 Å². The third-order valence-electron chi connectivity index (χ3n) is 2.04. The van der Waals surface area contributed by atoms with Gasteiger partial charge in [-0.1, -0.05) is 12.1 Å². The number of nitriles is 1. The number of aromatic carboxylic acids is 1. The minimum Gasteiger partial charge on any atom is -0.483 e. The maximum absolute atomic E-state index is 11.3. The fourth-order valence-corrected chi connectivity index (χ4v) is 1.22. The number of ether oxygens (including phenoxy) is 1. The fourth-order valence-electron chi connectivity index (χ4n) is 1.22. The molecule has 0 aliphatic heterocycles. The molecule has 1 aromatic rings. The van der Waals surface area contributed by atoms with Gasteiger partial charge in [-0.15, -0.1) is 0 Å². The molecule has 6 heteroatoms. The van der Waals surface area contributed by atoms with Gasteiger partial charge in [-0.25, -0.2) is 4.79 Å². The zero-order chi connectivity index (χ0) is 13.4. The van der Waals surface area contributed by atoms with E-state index in [4.69, 9.17) is 15.1 Å². The summed E-state index contributed by atoms with van der Waals surface area (Å²) in [5.74, 6) is -1.37. The van der Waals surface area contributed by atoms with Gasteiger partial charge in [0.25, 0.3) is 5.91 Å². The Morgan fingerprint density at radius 1 is 1.39 bits per heavy atom. The number of nitrogens with zero attached hydrogens (tertiary/aromatic N) is 1. The Morgan fingerprint density at radius 2 is 2.11 bits per heavy atom. The van der Waals surface area contributed by atoms with E-state index >= 15 is 0 Å². The van der Waals surface area contributed by atoms with Crippen LogP contribution in [-0.2, 0) is 4.79 Å². The van der Waals surface area contributed by atoms with Gasteiger partial charge in [0.1, 0.15) is 11.3 Å². The van der Waals surface area contributed by atoms with E-state index in [1.165, 1.54) is 12.1 Å². The first-order valence-corrected chi connectivity index (χ1v) is 5.24. The molecule has 2 N–H and O–H groups in total. The Hall–Kier alpha value is -2.55. The number of carboxylic acid groups (broad SMARTS) is 1. The van der Waals surface area contributed by atoms with Crippen LogP contribution in [0.4, 0.5) is 0 Å². The van der Waals surface area contributed by atoms with Crippen molar-refractivity contribution in [2.45, 2.75) is 6.42 Å². The third-order valence-corrected chi connectivity index (χ3v) is 2.04. The highest BCUT2D eigenvalue weighted by atomic mass is 16.5. The van der Waals surface area contributed by atoms with Gasteiger partial charge in [-0.3, -0.25) is 4.79 Å². The Kier molecular flexibility index (Phi) is 5.19. The highest BCUT2D eigenvalue weighted by Crippen LogP contribution is 2.17. The van der Waals surface area contributed by atoms with Crippen molar-refractivity contribution in [3.8, 4) is 11.8 Å². The van der Waals surface area contributed by atoms with Crippen LogP contribution in [0.15, 0.2) is 24.3 Å². The number of benzene rings is 1. The molecule has 0 spiro atoms. The molecular weight excluding hydrogens is 236 g/mol. The Morgan fingerprint density at radius 3 is 2.78 bits per heavy atom. The second-order valence-corrected chi connectivity index (χ2v) is 3.35. The summed E-state index contributed by atoms with van der Waals surface area (Å²) >= 11 is 0. The van der Waals surface area contributed by atoms with Crippen molar-refractivity contribution in [1.82, 2.24) is 5.32 Å². The van der Waals surface area contributed by atoms with Crippen molar-refractivity contribution >= 4 is 11.9 Å². The molecule has 0 saturated carbocycles. The quantitative estimate of drug-likeness (QED) is 0.725. The monoisotopic (exact) mass is 248 g/mol. The summed E-state index contributed by atoms with van der Waals surface area (Å²) in [5.41, 5.74) is 0.00215. The number of amides is 1. The first-order chi connectivity index (χ1) is 8.65. The molecule has 0 aromatic heterocycles. The normalized spacial score (nSPS) is 9.28. The number of hydrogen-bond donors (Lipinski definition) is 2. The molecule has 0 radical (unpaired) electrons. The molecule has 0 heterocycles. The van der Waals surface area contributed by atoms with E-state index in [-0.39, 0.29) is 30.9 Å². The molecule has 0 aliphatic rings. The predicted molar refractivity (Wildman–Crippen MR) is 62.1 cm³/mol. The van der Waals surface area contributed by atoms with Crippen molar-refractivity contribution in [3.63, 3.8) is 0 Å². The molecule has 6 nitrogen and oxygen atoms in total. The second kappa shape index (κ2) is 6.91. The van der Waals surface area contributed by atoms with Crippen LogP contribution in [0.3, 0.4) is 0 Å². The number of carbonyl (C=O) groups is 2. The van der Waals surface area contributed by atoms with Gasteiger partial charge >= 0.3 is 5.97 Å². The minimum atomic E-state index is -1.12. The molecule has 0 aliphatic carbocycles. The number of nitrogens with one attached hydrogen (secondary N) is 1. The largest absolute Gasteiger partial charge is 0.483 e. The van der Waals surface area contributed by atoms with E-state index in [2.05, 4.69) is 5.32 Å². The average molecular weight is 248 g/mol. The van der Waals surface area contributed by atoms with Crippen LogP contribution in [0.5, 0.6) is 5.75 Å². The molecule has 0 atom stereocenters. The lowest BCUT2D eigenvalue weighted by Crippen LogP contribution is -2.29. The topological polar surface area (TPSA) is 99.4 Å². The molecule has 1 aromatic carbocycles. The van der Waals surface area contributed by atoms with Crippen LogP contribution >= 0.6 is 0 Å². The number of carbonyl (C=O) groups excluding carboxylic acids is 1. The molecule has 1 amide bonds. The summed E-state index contributed by atoms with van der Waals surface area (Å²) < 4.78 is 5.12. The molecule has 0 bridgehead atoms. The van der Waals surface area contributed by atoms with Gasteiger partial charge in [-0.05, 0) is 12.1 Å². The number of carboxylic acids is 1. The number of rotatable bonds is 6. The van der Waals surface area contributed by atoms with E-state index in [0.717, 1.165) is 0 Å². The van der Waals surface area contributed by atoms with Gasteiger partial charge in [0.05, 0.1) is 12.5 Å². The van der Waals surface area contributed by atoms with Gasteiger partial charge in [0.15, 0.2) is 6.61 Å². The first kappa shape index (κ1) is 13.5. The smallest absolute Gasteiger partial charge is 0.339 e. The van der Waals surface area contributed by atoms with E-state index in [9.17, 15) is 9.59 Å². The van der Waals surface area contributed by atoms with Crippen LogP contribution in [0.1, 0.15) is 16.8 Å². The molecule has 94 valence electrons. The molecule has 18 heavy (non-hydrogen) atoms. The Balaban J connectivity index is 2.51. The Bertz CT molecular complexity index is 479. The van der Waals surface area contributed by atoms with Crippen LogP contribution in [0, 0.1) is 11.3 Å². The van der Waals surface area contributed by atoms with Crippen LogP contribution in [-0.4, -0.2) is 30.1 Å². The summed E-state index contributed by atoms with van der Waals surface area (Å²) in [5, 5.41) is 19.6. The van der Waals surface area contributed by atoms with Crippen molar-refractivity contribution in [3.05, 3.63) is 29.8 Å². The highest BCUT2D eigenvalue weighted by molar-refractivity contribution is 5.91. The maximum Gasteiger partial charge on any atom is 0.339 e. The highest BCUT2D eigenvalue weighted by Gasteiger charge is 2.11. The zero-order valence-electron chi connectivity index (χ0n) is 9.55. The summed E-state index contributed by atoms with van der Waals surface area (Å²) in [4.78, 5) is 22.1.